The fourth-order valence-electron chi connectivity index (χ4n) is 2.36. The van der Waals surface area contributed by atoms with Gasteiger partial charge in [-0.15, -0.1) is 24.2 Å². The van der Waals surface area contributed by atoms with E-state index in [9.17, 15) is 4.79 Å². The number of halogens is 1. The van der Waals surface area contributed by atoms with Gasteiger partial charge in [0, 0.05) is 17.5 Å². The lowest BCUT2D eigenvalue weighted by molar-refractivity contribution is 0.0937. The summed E-state index contributed by atoms with van der Waals surface area (Å²) >= 11 is 1.53. The first-order chi connectivity index (χ1) is 10.7. The number of benzene rings is 1. The number of amides is 1. The van der Waals surface area contributed by atoms with Gasteiger partial charge in [0.05, 0.1) is 11.3 Å². The number of rotatable bonds is 5. The molecule has 1 fully saturated rings. The Kier molecular flexibility index (Phi) is 6.44. The van der Waals surface area contributed by atoms with Crippen molar-refractivity contribution in [2.24, 2.45) is 0 Å². The van der Waals surface area contributed by atoms with Gasteiger partial charge in [-0.25, -0.2) is 0 Å². The third kappa shape index (κ3) is 4.70. The summed E-state index contributed by atoms with van der Waals surface area (Å²) in [5, 5.41) is 10.1. The fourth-order valence-corrected chi connectivity index (χ4v) is 3.25. The van der Waals surface area contributed by atoms with Crippen LogP contribution in [0.25, 0.3) is 0 Å². The number of aromatic nitrogens is 2. The SMILES string of the molecule is Cc1noc(CSc2ccccc2C(=O)NC2CCNC2)n1.Cl. The number of nitrogens with one attached hydrogen (secondary N) is 2. The zero-order valence-corrected chi connectivity index (χ0v) is 14.4. The molecule has 1 saturated heterocycles. The lowest BCUT2D eigenvalue weighted by atomic mass is 10.2. The average molecular weight is 355 g/mol. The summed E-state index contributed by atoms with van der Waals surface area (Å²) in [6.45, 7) is 3.58. The molecule has 2 N–H and O–H groups in total. The first kappa shape index (κ1) is 17.8. The average Bonchev–Trinajstić information content (AvgIpc) is 3.17. The Labute approximate surface area is 145 Å². The van der Waals surface area contributed by atoms with Gasteiger partial charge in [-0.3, -0.25) is 4.79 Å². The Morgan fingerprint density at radius 1 is 1.48 bits per heavy atom. The maximum atomic E-state index is 12.4. The lowest BCUT2D eigenvalue weighted by Crippen LogP contribution is -2.36. The highest BCUT2D eigenvalue weighted by Crippen LogP contribution is 2.26. The minimum atomic E-state index is -0.0292. The second kappa shape index (κ2) is 8.33. The Bertz CT molecular complexity index is 658. The zero-order valence-electron chi connectivity index (χ0n) is 12.7. The smallest absolute Gasteiger partial charge is 0.252 e. The molecule has 8 heteroatoms. The van der Waals surface area contributed by atoms with Crippen LogP contribution < -0.4 is 10.6 Å². The van der Waals surface area contributed by atoms with Gasteiger partial charge in [0.1, 0.15) is 0 Å². The van der Waals surface area contributed by atoms with Crippen LogP contribution >= 0.6 is 24.2 Å². The second-order valence-corrected chi connectivity index (χ2v) is 6.20. The van der Waals surface area contributed by atoms with Gasteiger partial charge >= 0.3 is 0 Å². The van der Waals surface area contributed by atoms with E-state index in [0.29, 0.717) is 23.0 Å². The molecule has 3 rings (SSSR count). The van der Waals surface area contributed by atoms with Gasteiger partial charge < -0.3 is 15.2 Å². The van der Waals surface area contributed by atoms with Crippen molar-refractivity contribution < 1.29 is 9.32 Å². The van der Waals surface area contributed by atoms with Crippen LogP contribution in [0.15, 0.2) is 33.7 Å². The van der Waals surface area contributed by atoms with E-state index in [1.54, 1.807) is 6.92 Å². The monoisotopic (exact) mass is 354 g/mol. The zero-order chi connectivity index (χ0) is 15.4. The third-order valence-electron chi connectivity index (χ3n) is 3.45. The van der Waals surface area contributed by atoms with Crippen molar-refractivity contribution in [3.8, 4) is 0 Å². The first-order valence-corrected chi connectivity index (χ1v) is 8.23. The standard InChI is InChI=1S/C15H18N4O2S.ClH/c1-10-17-14(21-19-10)9-22-13-5-3-2-4-12(13)15(20)18-11-6-7-16-8-11;/h2-5,11,16H,6-9H2,1H3,(H,18,20);1H. The highest BCUT2D eigenvalue weighted by atomic mass is 35.5. The molecular weight excluding hydrogens is 336 g/mol. The lowest BCUT2D eigenvalue weighted by Gasteiger charge is -2.13. The quantitative estimate of drug-likeness (QED) is 0.801. The summed E-state index contributed by atoms with van der Waals surface area (Å²) in [5.41, 5.74) is 0.690. The van der Waals surface area contributed by atoms with Crippen molar-refractivity contribution in [1.82, 2.24) is 20.8 Å². The molecule has 1 unspecified atom stereocenters. The van der Waals surface area contributed by atoms with Gasteiger partial charge in [0.2, 0.25) is 5.89 Å². The summed E-state index contributed by atoms with van der Waals surface area (Å²) in [7, 11) is 0. The highest BCUT2D eigenvalue weighted by Gasteiger charge is 2.19. The molecule has 23 heavy (non-hydrogen) atoms. The molecule has 0 bridgehead atoms. The van der Waals surface area contributed by atoms with Gasteiger partial charge in [-0.05, 0) is 32.0 Å². The van der Waals surface area contributed by atoms with Crippen molar-refractivity contribution in [1.29, 1.82) is 0 Å². The molecule has 1 aliphatic heterocycles. The topological polar surface area (TPSA) is 80.0 Å². The maximum Gasteiger partial charge on any atom is 0.252 e. The highest BCUT2D eigenvalue weighted by molar-refractivity contribution is 7.98. The molecular formula is C15H19ClN4O2S. The van der Waals surface area contributed by atoms with E-state index in [1.165, 1.54) is 11.8 Å². The van der Waals surface area contributed by atoms with Crippen molar-refractivity contribution >= 4 is 30.1 Å². The molecule has 1 atom stereocenters. The van der Waals surface area contributed by atoms with E-state index >= 15 is 0 Å². The Balaban J connectivity index is 0.00000192. The number of hydrogen-bond donors (Lipinski definition) is 2. The molecule has 1 amide bonds. The Morgan fingerprint density at radius 3 is 3.00 bits per heavy atom. The van der Waals surface area contributed by atoms with Crippen LogP contribution in [0.3, 0.4) is 0 Å². The largest absolute Gasteiger partial charge is 0.348 e. The summed E-state index contributed by atoms with van der Waals surface area (Å²) in [5.74, 6) is 1.71. The predicted octanol–water partition coefficient (Wildman–Crippen LogP) is 2.18. The number of aryl methyl sites for hydroxylation is 1. The number of nitrogens with zero attached hydrogens (tertiary/aromatic N) is 2. The molecule has 2 aromatic rings. The van der Waals surface area contributed by atoms with E-state index in [2.05, 4.69) is 20.8 Å². The van der Waals surface area contributed by atoms with E-state index in [1.807, 2.05) is 24.3 Å². The summed E-state index contributed by atoms with van der Waals surface area (Å²) in [6.07, 6.45) is 0.975. The van der Waals surface area contributed by atoms with Crippen LogP contribution in [0.4, 0.5) is 0 Å². The predicted molar refractivity (Wildman–Crippen MR) is 91.0 cm³/mol. The number of carbonyl (C=O) groups is 1. The summed E-state index contributed by atoms with van der Waals surface area (Å²) < 4.78 is 5.10. The molecule has 124 valence electrons. The van der Waals surface area contributed by atoms with E-state index < -0.39 is 0 Å². The van der Waals surface area contributed by atoms with E-state index in [4.69, 9.17) is 4.52 Å². The van der Waals surface area contributed by atoms with E-state index in [0.717, 1.165) is 24.4 Å². The van der Waals surface area contributed by atoms with Crippen LogP contribution in [-0.2, 0) is 5.75 Å². The van der Waals surface area contributed by atoms with Crippen LogP contribution in [0, 0.1) is 6.92 Å². The summed E-state index contributed by atoms with van der Waals surface area (Å²) in [6, 6.07) is 7.80. The molecule has 1 aromatic heterocycles. The number of hydrogen-bond acceptors (Lipinski definition) is 6. The fraction of sp³-hybridized carbons (Fsp3) is 0.400. The third-order valence-corrected chi connectivity index (χ3v) is 4.51. The van der Waals surface area contributed by atoms with Gasteiger partial charge in [-0.1, -0.05) is 17.3 Å². The van der Waals surface area contributed by atoms with Crippen molar-refractivity contribution in [2.75, 3.05) is 13.1 Å². The Hall–Kier alpha value is -1.57. The second-order valence-electron chi connectivity index (χ2n) is 5.18. The summed E-state index contributed by atoms with van der Waals surface area (Å²) in [4.78, 5) is 17.5. The van der Waals surface area contributed by atoms with Crippen molar-refractivity contribution in [3.63, 3.8) is 0 Å². The van der Waals surface area contributed by atoms with Crippen molar-refractivity contribution in [2.45, 2.75) is 30.0 Å². The Morgan fingerprint density at radius 2 is 2.30 bits per heavy atom. The maximum absolute atomic E-state index is 12.4. The normalized spacial score (nSPS) is 16.8. The molecule has 0 aliphatic carbocycles. The molecule has 0 saturated carbocycles. The minimum absolute atomic E-state index is 0. The number of carbonyl (C=O) groups excluding carboxylic acids is 1. The molecule has 0 radical (unpaired) electrons. The number of thioether (sulfide) groups is 1. The van der Waals surface area contributed by atoms with Gasteiger partial charge in [0.15, 0.2) is 5.82 Å². The minimum Gasteiger partial charge on any atom is -0.348 e. The molecule has 2 heterocycles. The van der Waals surface area contributed by atoms with Crippen LogP contribution in [0.2, 0.25) is 0 Å². The molecule has 1 aromatic carbocycles. The van der Waals surface area contributed by atoms with Crippen molar-refractivity contribution in [3.05, 3.63) is 41.5 Å². The van der Waals surface area contributed by atoms with E-state index in [-0.39, 0.29) is 24.4 Å². The van der Waals surface area contributed by atoms with Gasteiger partial charge in [-0.2, -0.15) is 4.98 Å². The molecule has 0 spiro atoms. The van der Waals surface area contributed by atoms with Crippen LogP contribution in [0.1, 0.15) is 28.5 Å². The van der Waals surface area contributed by atoms with Crippen LogP contribution in [-0.4, -0.2) is 35.2 Å². The molecule has 1 aliphatic rings. The molecule has 6 nitrogen and oxygen atoms in total. The first-order valence-electron chi connectivity index (χ1n) is 7.25. The van der Waals surface area contributed by atoms with Gasteiger partial charge in [0.25, 0.3) is 5.91 Å². The van der Waals surface area contributed by atoms with Crippen LogP contribution in [0.5, 0.6) is 0 Å².